The van der Waals surface area contributed by atoms with Crippen molar-refractivity contribution in [3.8, 4) is 50.7 Å². The van der Waals surface area contributed by atoms with Crippen LogP contribution in [0.15, 0.2) is 168 Å². The molecule has 6 aromatic carbocycles. The Balaban J connectivity index is 1.21. The summed E-state index contributed by atoms with van der Waals surface area (Å²) in [5, 5.41) is 3.39. The first-order valence-electron chi connectivity index (χ1n) is 15.4. The summed E-state index contributed by atoms with van der Waals surface area (Å²) in [6.07, 6.45) is 1.77. The van der Waals surface area contributed by atoms with Crippen molar-refractivity contribution in [3.05, 3.63) is 164 Å². The van der Waals surface area contributed by atoms with Gasteiger partial charge in [0, 0.05) is 33.2 Å². The maximum absolute atomic E-state index is 5.99. The smallest absolute Gasteiger partial charge is 0.160 e. The van der Waals surface area contributed by atoms with Gasteiger partial charge in [-0.15, -0.1) is 0 Å². The van der Waals surface area contributed by atoms with Gasteiger partial charge in [0.05, 0.1) is 34.1 Å². The molecular formula is C42H27N3O. The van der Waals surface area contributed by atoms with Gasteiger partial charge in [-0.25, -0.2) is 9.97 Å². The number of rotatable bonds is 5. The molecule has 0 unspecified atom stereocenters. The Morgan fingerprint density at radius 3 is 1.91 bits per heavy atom. The van der Waals surface area contributed by atoms with Crippen LogP contribution in [0.2, 0.25) is 0 Å². The van der Waals surface area contributed by atoms with E-state index in [1.165, 1.54) is 11.1 Å². The summed E-state index contributed by atoms with van der Waals surface area (Å²) in [4.78, 5) is 10.2. The predicted molar refractivity (Wildman–Crippen MR) is 188 cm³/mol. The lowest BCUT2D eigenvalue weighted by Gasteiger charge is -2.12. The summed E-state index contributed by atoms with van der Waals surface area (Å²) in [6.45, 7) is 0. The molecule has 46 heavy (non-hydrogen) atoms. The fraction of sp³-hybridized carbons (Fsp3) is 0. The first-order chi connectivity index (χ1) is 22.8. The average Bonchev–Trinajstić information content (AvgIpc) is 3.75. The molecule has 0 aliphatic carbocycles. The lowest BCUT2D eigenvalue weighted by atomic mass is 10.0. The first-order valence-corrected chi connectivity index (χ1v) is 15.4. The molecule has 0 amide bonds. The molecular weight excluding hydrogens is 562 g/mol. The minimum absolute atomic E-state index is 0.697. The number of aromatic nitrogens is 3. The van der Waals surface area contributed by atoms with Crippen molar-refractivity contribution in [1.29, 1.82) is 0 Å². The number of benzene rings is 6. The number of fused-ring (bicyclic) bond motifs is 5. The van der Waals surface area contributed by atoms with Crippen LogP contribution in [0.4, 0.5) is 0 Å². The predicted octanol–water partition coefficient (Wildman–Crippen LogP) is 11.0. The van der Waals surface area contributed by atoms with Crippen molar-refractivity contribution in [3.63, 3.8) is 0 Å². The second kappa shape index (κ2) is 10.7. The molecule has 0 saturated heterocycles. The topological polar surface area (TPSA) is 43.9 Å². The molecule has 216 valence electrons. The van der Waals surface area contributed by atoms with Gasteiger partial charge in [-0.2, -0.15) is 0 Å². The van der Waals surface area contributed by atoms with Crippen LogP contribution in [0, 0.1) is 0 Å². The first kappa shape index (κ1) is 26.2. The SMILES string of the molecule is c1ccc(-c2ccc(-c3cc(-c4cccc(-n5c6ccccc6c6c7occc7ccc65)c4)nc(-c4ccccc4)n3)cc2)cc1. The zero-order chi connectivity index (χ0) is 30.5. The molecule has 4 nitrogen and oxygen atoms in total. The van der Waals surface area contributed by atoms with Gasteiger partial charge < -0.3 is 8.98 Å². The molecule has 9 aromatic rings. The van der Waals surface area contributed by atoms with E-state index in [-0.39, 0.29) is 0 Å². The van der Waals surface area contributed by atoms with Crippen molar-refractivity contribution >= 4 is 32.8 Å². The van der Waals surface area contributed by atoms with E-state index in [4.69, 9.17) is 14.4 Å². The van der Waals surface area contributed by atoms with Crippen LogP contribution in [-0.2, 0) is 0 Å². The largest absolute Gasteiger partial charge is 0.464 e. The van der Waals surface area contributed by atoms with E-state index in [0.717, 1.165) is 66.5 Å². The standard InChI is InChI=1S/C42H27N3O/c1-3-10-28(11-4-1)29-18-20-30(21-19-29)36-27-37(44-42(43-36)32-12-5-2-6-13-32)33-14-9-15-34(26-33)45-38-17-8-7-16-35(38)40-39(45)23-22-31-24-25-46-41(31)40/h1-27H. The number of nitrogens with zero attached hydrogens (tertiary/aromatic N) is 3. The molecule has 3 aromatic heterocycles. The molecule has 3 heterocycles. The third kappa shape index (κ3) is 4.39. The van der Waals surface area contributed by atoms with E-state index in [9.17, 15) is 0 Å². The lowest BCUT2D eigenvalue weighted by Crippen LogP contribution is -1.98. The van der Waals surface area contributed by atoms with E-state index in [2.05, 4.69) is 132 Å². The highest BCUT2D eigenvalue weighted by atomic mass is 16.3. The van der Waals surface area contributed by atoms with Crippen molar-refractivity contribution in [2.75, 3.05) is 0 Å². The lowest BCUT2D eigenvalue weighted by molar-refractivity contribution is 0.619. The highest BCUT2D eigenvalue weighted by molar-refractivity contribution is 6.19. The van der Waals surface area contributed by atoms with Gasteiger partial charge in [-0.05, 0) is 53.6 Å². The normalized spacial score (nSPS) is 11.5. The number of para-hydroxylation sites is 1. The van der Waals surface area contributed by atoms with Gasteiger partial charge in [-0.1, -0.05) is 115 Å². The summed E-state index contributed by atoms with van der Waals surface area (Å²) in [6, 6.07) is 54.8. The third-order valence-electron chi connectivity index (χ3n) is 8.70. The molecule has 0 aliphatic rings. The quantitative estimate of drug-likeness (QED) is 0.201. The molecule has 0 N–H and O–H groups in total. The van der Waals surface area contributed by atoms with Gasteiger partial charge in [0.2, 0.25) is 0 Å². The van der Waals surface area contributed by atoms with Crippen LogP contribution in [0.25, 0.3) is 83.5 Å². The average molecular weight is 590 g/mol. The highest BCUT2D eigenvalue weighted by Crippen LogP contribution is 2.38. The van der Waals surface area contributed by atoms with Crippen LogP contribution in [0.1, 0.15) is 0 Å². The molecule has 0 bridgehead atoms. The summed E-state index contributed by atoms with van der Waals surface area (Å²) >= 11 is 0. The van der Waals surface area contributed by atoms with E-state index >= 15 is 0 Å². The summed E-state index contributed by atoms with van der Waals surface area (Å²) in [5.74, 6) is 0.697. The van der Waals surface area contributed by atoms with Gasteiger partial charge in [0.25, 0.3) is 0 Å². The monoisotopic (exact) mass is 589 g/mol. The maximum Gasteiger partial charge on any atom is 0.160 e. The zero-order valence-electron chi connectivity index (χ0n) is 24.8. The molecule has 0 fully saturated rings. The molecule has 0 spiro atoms. The Kier molecular flexibility index (Phi) is 6.10. The van der Waals surface area contributed by atoms with Crippen LogP contribution < -0.4 is 0 Å². The summed E-state index contributed by atoms with van der Waals surface area (Å²) < 4.78 is 8.31. The number of furan rings is 1. The van der Waals surface area contributed by atoms with Gasteiger partial charge in [0.1, 0.15) is 5.58 Å². The number of hydrogen-bond donors (Lipinski definition) is 0. The maximum atomic E-state index is 5.99. The second-order valence-corrected chi connectivity index (χ2v) is 11.5. The minimum Gasteiger partial charge on any atom is -0.464 e. The van der Waals surface area contributed by atoms with Crippen LogP contribution in [0.3, 0.4) is 0 Å². The fourth-order valence-corrected chi connectivity index (χ4v) is 6.48. The van der Waals surface area contributed by atoms with Crippen molar-refractivity contribution in [2.24, 2.45) is 0 Å². The fourth-order valence-electron chi connectivity index (χ4n) is 6.48. The van der Waals surface area contributed by atoms with Gasteiger partial charge in [0.15, 0.2) is 5.82 Å². The van der Waals surface area contributed by atoms with Gasteiger partial charge >= 0.3 is 0 Å². The van der Waals surface area contributed by atoms with Crippen LogP contribution >= 0.6 is 0 Å². The summed E-state index contributed by atoms with van der Waals surface area (Å²) in [7, 11) is 0. The third-order valence-corrected chi connectivity index (χ3v) is 8.70. The van der Waals surface area contributed by atoms with Crippen molar-refractivity contribution in [1.82, 2.24) is 14.5 Å². The Hall–Kier alpha value is -6.26. The van der Waals surface area contributed by atoms with Crippen LogP contribution in [-0.4, -0.2) is 14.5 Å². The zero-order valence-corrected chi connectivity index (χ0v) is 24.8. The molecule has 0 aliphatic heterocycles. The molecule has 9 rings (SSSR count). The van der Waals surface area contributed by atoms with E-state index in [1.807, 2.05) is 30.3 Å². The van der Waals surface area contributed by atoms with E-state index in [1.54, 1.807) is 6.26 Å². The Morgan fingerprint density at radius 2 is 1.11 bits per heavy atom. The molecule has 4 heteroatoms. The van der Waals surface area contributed by atoms with E-state index < -0.39 is 0 Å². The van der Waals surface area contributed by atoms with Gasteiger partial charge in [-0.3, -0.25) is 0 Å². The van der Waals surface area contributed by atoms with E-state index in [0.29, 0.717) is 5.82 Å². The molecule has 0 radical (unpaired) electrons. The Labute approximate surface area is 265 Å². The Bertz CT molecular complexity index is 2510. The number of hydrogen-bond acceptors (Lipinski definition) is 3. The minimum atomic E-state index is 0.697. The highest BCUT2D eigenvalue weighted by Gasteiger charge is 2.17. The van der Waals surface area contributed by atoms with Crippen molar-refractivity contribution < 1.29 is 4.42 Å². The Morgan fingerprint density at radius 1 is 0.457 bits per heavy atom. The summed E-state index contributed by atoms with van der Waals surface area (Å²) in [5.41, 5.74) is 11.4. The van der Waals surface area contributed by atoms with Crippen molar-refractivity contribution in [2.45, 2.75) is 0 Å². The molecule has 0 saturated carbocycles. The van der Waals surface area contributed by atoms with Crippen LogP contribution in [0.5, 0.6) is 0 Å². The molecule has 0 atom stereocenters. The second-order valence-electron chi connectivity index (χ2n) is 11.5.